The zero-order valence-corrected chi connectivity index (χ0v) is 14.4. The van der Waals surface area contributed by atoms with E-state index in [9.17, 15) is 9.90 Å². The van der Waals surface area contributed by atoms with Crippen LogP contribution in [0.1, 0.15) is 26.3 Å². The van der Waals surface area contributed by atoms with Crippen LogP contribution in [0.2, 0.25) is 0 Å². The molecule has 2 rings (SSSR count). The minimum Gasteiger partial charge on any atom is -0.465 e. The third kappa shape index (κ3) is 4.66. The molecule has 0 radical (unpaired) electrons. The molecule has 0 fully saturated rings. The van der Waals surface area contributed by atoms with Crippen LogP contribution in [-0.2, 0) is 5.75 Å². The lowest BCUT2D eigenvalue weighted by Crippen LogP contribution is -2.45. The number of benzene rings is 2. The summed E-state index contributed by atoms with van der Waals surface area (Å²) in [6.07, 6.45) is -0.949. The van der Waals surface area contributed by atoms with Gasteiger partial charge in [-0.2, -0.15) is 0 Å². The number of hydrogen-bond donors (Lipinski definition) is 2. The Kier molecular flexibility index (Phi) is 5.21. The number of amides is 1. The number of carboxylic acid groups (broad SMARTS) is 1. The Balaban J connectivity index is 2.17. The van der Waals surface area contributed by atoms with Gasteiger partial charge in [0.2, 0.25) is 0 Å². The largest absolute Gasteiger partial charge is 0.465 e. The van der Waals surface area contributed by atoms with Crippen LogP contribution in [0.5, 0.6) is 0 Å². The maximum Gasteiger partial charge on any atom is 0.412 e. The van der Waals surface area contributed by atoms with Gasteiger partial charge in [0.05, 0.1) is 0 Å². The van der Waals surface area contributed by atoms with Gasteiger partial charge in [0.15, 0.2) is 0 Å². The van der Waals surface area contributed by atoms with Crippen molar-refractivity contribution in [1.29, 1.82) is 0 Å². The Labute approximate surface area is 141 Å². The number of carbonyl (C=O) groups is 1. The summed E-state index contributed by atoms with van der Waals surface area (Å²) in [5, 5.41) is 9.50. The summed E-state index contributed by atoms with van der Waals surface area (Å²) in [5.41, 5.74) is 7.87. The minimum atomic E-state index is -0.949. The molecule has 0 unspecified atom stereocenters. The van der Waals surface area contributed by atoms with Crippen molar-refractivity contribution >= 4 is 29.2 Å². The van der Waals surface area contributed by atoms with Gasteiger partial charge in [-0.1, -0.05) is 18.2 Å². The lowest BCUT2D eigenvalue weighted by molar-refractivity contribution is 0.195. The normalized spacial score (nSPS) is 11.3. The predicted molar refractivity (Wildman–Crippen MR) is 97.1 cm³/mol. The second-order valence-electron chi connectivity index (χ2n) is 6.32. The number of nitrogens with zero attached hydrogens (tertiary/aromatic N) is 1. The molecule has 0 aliphatic heterocycles. The molecule has 0 aromatic heterocycles. The highest BCUT2D eigenvalue weighted by molar-refractivity contribution is 7.98. The second kappa shape index (κ2) is 6.96. The molecule has 23 heavy (non-hydrogen) atoms. The summed E-state index contributed by atoms with van der Waals surface area (Å²) in [7, 11) is 0. The van der Waals surface area contributed by atoms with Gasteiger partial charge in [-0.25, -0.2) is 4.79 Å². The Hall–Kier alpha value is -2.14. The molecule has 0 aliphatic rings. The second-order valence-corrected chi connectivity index (χ2v) is 7.37. The fraction of sp³-hybridized carbons (Fsp3) is 0.278. The van der Waals surface area contributed by atoms with Crippen molar-refractivity contribution in [3.05, 3.63) is 54.1 Å². The standard InChI is InChI=1S/C18H22N2O2S/c1-18(2,3)20(17(21)22)15-8-5-9-16(11-15)23-12-13-6-4-7-14(19)10-13/h4-11H,12,19H2,1-3H3,(H,21,22). The Morgan fingerprint density at radius 3 is 2.48 bits per heavy atom. The highest BCUT2D eigenvalue weighted by Gasteiger charge is 2.27. The quantitative estimate of drug-likeness (QED) is 0.621. The summed E-state index contributed by atoms with van der Waals surface area (Å²) >= 11 is 1.66. The first-order chi connectivity index (χ1) is 10.8. The van der Waals surface area contributed by atoms with Crippen LogP contribution in [0.15, 0.2) is 53.4 Å². The lowest BCUT2D eigenvalue weighted by atomic mass is 10.1. The van der Waals surface area contributed by atoms with E-state index in [1.807, 2.05) is 69.3 Å². The van der Waals surface area contributed by atoms with Gasteiger partial charge in [-0.15, -0.1) is 11.8 Å². The van der Waals surface area contributed by atoms with Gasteiger partial charge in [-0.05, 0) is 56.7 Å². The maximum atomic E-state index is 11.6. The van der Waals surface area contributed by atoms with Crippen molar-refractivity contribution in [2.45, 2.75) is 37.0 Å². The number of nitrogen functional groups attached to an aromatic ring is 1. The van der Waals surface area contributed by atoms with Crippen LogP contribution in [-0.4, -0.2) is 16.7 Å². The molecule has 0 heterocycles. The van der Waals surface area contributed by atoms with E-state index in [0.29, 0.717) is 5.69 Å². The van der Waals surface area contributed by atoms with E-state index in [1.165, 1.54) is 4.90 Å². The first-order valence-electron chi connectivity index (χ1n) is 7.38. The molecule has 0 spiro atoms. The molecule has 5 heteroatoms. The zero-order valence-electron chi connectivity index (χ0n) is 13.6. The molecular formula is C18H22N2O2S. The molecular weight excluding hydrogens is 308 g/mol. The van der Waals surface area contributed by atoms with E-state index >= 15 is 0 Å². The maximum absolute atomic E-state index is 11.6. The number of nitrogens with two attached hydrogens (primary N) is 1. The number of rotatable bonds is 4. The van der Waals surface area contributed by atoms with E-state index in [1.54, 1.807) is 11.8 Å². The van der Waals surface area contributed by atoms with Gasteiger partial charge in [0.25, 0.3) is 0 Å². The number of anilines is 2. The van der Waals surface area contributed by atoms with Crippen molar-refractivity contribution in [2.24, 2.45) is 0 Å². The topological polar surface area (TPSA) is 66.6 Å². The summed E-state index contributed by atoms with van der Waals surface area (Å²) in [5.74, 6) is 0.789. The van der Waals surface area contributed by atoms with Gasteiger partial charge in [-0.3, -0.25) is 4.90 Å². The summed E-state index contributed by atoms with van der Waals surface area (Å²) in [4.78, 5) is 14.0. The molecule has 122 valence electrons. The third-order valence-corrected chi connectivity index (χ3v) is 4.36. The predicted octanol–water partition coefficient (Wildman–Crippen LogP) is 4.84. The van der Waals surface area contributed by atoms with Crippen molar-refractivity contribution in [2.75, 3.05) is 10.6 Å². The van der Waals surface area contributed by atoms with Crippen molar-refractivity contribution in [3.63, 3.8) is 0 Å². The highest BCUT2D eigenvalue weighted by Crippen LogP contribution is 2.30. The van der Waals surface area contributed by atoms with E-state index in [-0.39, 0.29) is 0 Å². The minimum absolute atomic E-state index is 0.497. The van der Waals surface area contributed by atoms with Crippen LogP contribution in [0.3, 0.4) is 0 Å². The van der Waals surface area contributed by atoms with Crippen LogP contribution in [0, 0.1) is 0 Å². The third-order valence-electron chi connectivity index (χ3n) is 3.29. The van der Waals surface area contributed by atoms with E-state index in [2.05, 4.69) is 0 Å². The SMILES string of the molecule is CC(C)(C)N(C(=O)O)c1cccc(SCc2cccc(N)c2)c1. The fourth-order valence-electron chi connectivity index (χ4n) is 2.35. The van der Waals surface area contributed by atoms with E-state index in [0.717, 1.165) is 21.9 Å². The zero-order chi connectivity index (χ0) is 17.0. The summed E-state index contributed by atoms with van der Waals surface area (Å²) in [6.45, 7) is 5.65. The highest BCUT2D eigenvalue weighted by atomic mass is 32.2. The average Bonchev–Trinajstić information content (AvgIpc) is 2.44. The van der Waals surface area contributed by atoms with Gasteiger partial charge in [0, 0.05) is 27.6 Å². The molecule has 3 N–H and O–H groups in total. The molecule has 0 atom stereocenters. The van der Waals surface area contributed by atoms with Crippen molar-refractivity contribution in [1.82, 2.24) is 0 Å². The first kappa shape index (κ1) is 17.2. The van der Waals surface area contributed by atoms with Crippen molar-refractivity contribution in [3.8, 4) is 0 Å². The van der Waals surface area contributed by atoms with Crippen molar-refractivity contribution < 1.29 is 9.90 Å². The van der Waals surface area contributed by atoms with Gasteiger partial charge >= 0.3 is 6.09 Å². The fourth-order valence-corrected chi connectivity index (χ4v) is 3.24. The smallest absolute Gasteiger partial charge is 0.412 e. The lowest BCUT2D eigenvalue weighted by Gasteiger charge is -2.33. The molecule has 2 aromatic rings. The monoisotopic (exact) mass is 330 g/mol. The Morgan fingerprint density at radius 1 is 1.17 bits per heavy atom. The molecule has 0 saturated heterocycles. The molecule has 0 aliphatic carbocycles. The Bertz CT molecular complexity index is 695. The first-order valence-corrected chi connectivity index (χ1v) is 8.36. The van der Waals surface area contributed by atoms with Crippen LogP contribution < -0.4 is 10.6 Å². The number of thioether (sulfide) groups is 1. The van der Waals surface area contributed by atoms with E-state index in [4.69, 9.17) is 5.73 Å². The van der Waals surface area contributed by atoms with Gasteiger partial charge in [0.1, 0.15) is 0 Å². The molecule has 0 bridgehead atoms. The number of hydrogen-bond acceptors (Lipinski definition) is 3. The van der Waals surface area contributed by atoms with Crippen LogP contribution in [0.25, 0.3) is 0 Å². The molecule has 0 saturated carbocycles. The average molecular weight is 330 g/mol. The molecule has 4 nitrogen and oxygen atoms in total. The Morgan fingerprint density at radius 2 is 1.87 bits per heavy atom. The van der Waals surface area contributed by atoms with Crippen LogP contribution >= 0.6 is 11.8 Å². The van der Waals surface area contributed by atoms with E-state index < -0.39 is 11.6 Å². The van der Waals surface area contributed by atoms with Crippen LogP contribution in [0.4, 0.5) is 16.2 Å². The molecule has 2 aromatic carbocycles. The summed E-state index contributed by atoms with van der Waals surface area (Å²) < 4.78 is 0. The summed E-state index contributed by atoms with van der Waals surface area (Å²) in [6, 6.07) is 15.4. The molecule has 1 amide bonds. The van der Waals surface area contributed by atoms with Gasteiger partial charge < -0.3 is 10.8 Å².